The van der Waals surface area contributed by atoms with E-state index in [9.17, 15) is 18.7 Å². The first-order valence-corrected chi connectivity index (χ1v) is 15.0. The molecule has 1 saturated carbocycles. The van der Waals surface area contributed by atoms with Gasteiger partial charge >= 0.3 is 6.03 Å². The smallest absolute Gasteiger partial charge is 0.317 e. The Bertz CT molecular complexity index is 1150. The molecule has 232 valence electrons. The number of nitrogens with zero attached hydrogens (tertiary/aromatic N) is 1. The van der Waals surface area contributed by atoms with Crippen molar-refractivity contribution >= 4 is 6.03 Å². The van der Waals surface area contributed by atoms with Crippen molar-refractivity contribution in [2.75, 3.05) is 40.4 Å². The molecule has 0 spiro atoms. The van der Waals surface area contributed by atoms with Crippen molar-refractivity contribution in [2.45, 2.75) is 68.9 Å². The molecule has 2 aromatic rings. The number of para-hydroxylation sites is 2. The van der Waals surface area contributed by atoms with Crippen LogP contribution in [0.2, 0.25) is 0 Å². The van der Waals surface area contributed by atoms with Crippen LogP contribution in [0.5, 0.6) is 11.5 Å². The molecule has 1 aliphatic carbocycles. The Morgan fingerprint density at radius 2 is 1.93 bits per heavy atom. The molecule has 0 aromatic heterocycles. The van der Waals surface area contributed by atoms with Crippen molar-refractivity contribution in [3.05, 3.63) is 59.9 Å². The molecule has 2 aliphatic rings. The average Bonchev–Trinajstić information content (AvgIpc) is 2.96. The number of hydrogen-bond donors (Lipinski definition) is 3. The number of hydrogen-bond acceptors (Lipinski definition) is 5. The molecular weight excluding hydrogens is 547 g/mol. The summed E-state index contributed by atoms with van der Waals surface area (Å²) in [6, 6.07) is 12.9. The Hall–Kier alpha value is -2.82. The van der Waals surface area contributed by atoms with Crippen molar-refractivity contribution < 1.29 is 32.5 Å². The first kappa shape index (κ1) is 32.1. The summed E-state index contributed by atoms with van der Waals surface area (Å²) in [4.78, 5) is 15.1. The van der Waals surface area contributed by atoms with Gasteiger partial charge in [0.25, 0.3) is 0 Å². The van der Waals surface area contributed by atoms with E-state index in [1.807, 2.05) is 6.07 Å². The summed E-state index contributed by atoms with van der Waals surface area (Å²) in [6.45, 7) is 1.78. The topological polar surface area (TPSA) is 83.1 Å². The molecule has 2 aromatic carbocycles. The van der Waals surface area contributed by atoms with Crippen LogP contribution >= 0.6 is 0 Å². The van der Waals surface area contributed by atoms with Gasteiger partial charge in [-0.2, -0.15) is 0 Å². The summed E-state index contributed by atoms with van der Waals surface area (Å²) in [6.07, 6.45) is 3.17. The molecule has 7 nitrogen and oxygen atoms in total. The number of ether oxygens (including phenoxy) is 2. The second-order valence-corrected chi connectivity index (χ2v) is 11.8. The van der Waals surface area contributed by atoms with Crippen LogP contribution in [0.3, 0.4) is 0 Å². The summed E-state index contributed by atoms with van der Waals surface area (Å²) < 4.78 is 53.3. The monoisotopic (exact) mass is 591 g/mol. The van der Waals surface area contributed by atoms with Crippen molar-refractivity contribution in [3.8, 4) is 11.5 Å². The predicted octanol–water partition coefficient (Wildman–Crippen LogP) is 6.07. The van der Waals surface area contributed by atoms with Crippen LogP contribution in [-0.2, 0) is 10.3 Å². The number of likely N-dealkylation sites (N-methyl/N-ethyl adjacent to an activating group) is 1. The molecule has 1 heterocycles. The Morgan fingerprint density at radius 3 is 2.62 bits per heavy atom. The van der Waals surface area contributed by atoms with Crippen LogP contribution in [0.1, 0.15) is 56.9 Å². The number of halogens is 3. The zero-order chi connectivity index (χ0) is 30.2. The predicted molar refractivity (Wildman–Crippen MR) is 155 cm³/mol. The molecule has 1 aliphatic heterocycles. The van der Waals surface area contributed by atoms with Gasteiger partial charge in [0.2, 0.25) is 5.92 Å². The van der Waals surface area contributed by atoms with Crippen LogP contribution in [0.15, 0.2) is 48.5 Å². The molecule has 0 bridgehead atoms. The third-order valence-electron chi connectivity index (χ3n) is 8.51. The number of rotatable bonds is 14. The fraction of sp³-hybridized carbons (Fsp3) is 0.594. The zero-order valence-electron chi connectivity index (χ0n) is 24.6. The van der Waals surface area contributed by atoms with Crippen LogP contribution < -0.4 is 15.4 Å². The minimum atomic E-state index is -2.60. The number of alkyl halides is 2. The fourth-order valence-electron chi connectivity index (χ4n) is 6.37. The molecule has 42 heavy (non-hydrogen) atoms. The van der Waals surface area contributed by atoms with Gasteiger partial charge < -0.3 is 30.1 Å². The first-order chi connectivity index (χ1) is 20.1. The number of methoxy groups -OCH3 is 1. The van der Waals surface area contributed by atoms with Crippen LogP contribution in [0.25, 0.3) is 0 Å². The first-order valence-electron chi connectivity index (χ1n) is 15.0. The van der Waals surface area contributed by atoms with Crippen LogP contribution in [0, 0.1) is 17.7 Å². The number of amides is 2. The summed E-state index contributed by atoms with van der Waals surface area (Å²) >= 11 is 0. The molecule has 2 amide bonds. The lowest BCUT2D eigenvalue weighted by Crippen LogP contribution is -2.54. The minimum absolute atomic E-state index is 0.0223. The molecule has 1 saturated heterocycles. The van der Waals surface area contributed by atoms with Gasteiger partial charge in [0.05, 0.1) is 5.60 Å². The maximum absolute atomic E-state index is 15.3. The molecule has 3 atom stereocenters. The van der Waals surface area contributed by atoms with Crippen molar-refractivity contribution in [1.82, 2.24) is 15.5 Å². The standard InChI is InChI=1S/C32H44F3N3O4/c1-36-21-25(18-23-19-31(34,35)20-23)37-30(39)38-16-9-10-24(22-38)32(40,15-6-7-17-41-2)27-13-8-14-28(33)29(27)42-26-11-4-3-5-12-26/h3-5,8,11-14,23-25,36,40H,6-7,9-10,15-22H2,1-2H3,(H,37,39). The van der Waals surface area contributed by atoms with E-state index < -0.39 is 17.3 Å². The number of aliphatic hydroxyl groups is 1. The highest BCUT2D eigenvalue weighted by atomic mass is 19.3. The highest BCUT2D eigenvalue weighted by Crippen LogP contribution is 2.46. The number of nitrogens with one attached hydrogen (secondary N) is 2. The number of piperidine rings is 1. The number of urea groups is 1. The van der Waals surface area contributed by atoms with Crippen LogP contribution in [-0.4, -0.2) is 68.4 Å². The van der Waals surface area contributed by atoms with E-state index in [0.29, 0.717) is 69.5 Å². The second kappa shape index (κ2) is 14.6. The largest absolute Gasteiger partial charge is 0.454 e. The molecule has 0 radical (unpaired) electrons. The van der Waals surface area contributed by atoms with Crippen molar-refractivity contribution in [3.63, 3.8) is 0 Å². The van der Waals surface area contributed by atoms with Gasteiger partial charge in [-0.1, -0.05) is 30.3 Å². The fourth-order valence-corrected chi connectivity index (χ4v) is 6.37. The van der Waals surface area contributed by atoms with Gasteiger partial charge in [-0.15, -0.1) is 0 Å². The van der Waals surface area contributed by atoms with Crippen molar-refractivity contribution in [2.24, 2.45) is 11.8 Å². The van der Waals surface area contributed by atoms with E-state index in [4.69, 9.17) is 9.47 Å². The minimum Gasteiger partial charge on any atom is -0.454 e. The lowest BCUT2D eigenvalue weighted by molar-refractivity contribution is -0.113. The quantitative estimate of drug-likeness (QED) is 0.233. The second-order valence-electron chi connectivity index (χ2n) is 11.8. The van der Waals surface area contributed by atoms with Gasteiger partial charge in [-0.3, -0.25) is 0 Å². The van der Waals surface area contributed by atoms with E-state index in [-0.39, 0.29) is 49.0 Å². The third kappa shape index (κ3) is 8.17. The molecule has 3 unspecified atom stereocenters. The number of likely N-dealkylation sites (tertiary alicyclic amines) is 1. The van der Waals surface area contributed by atoms with Crippen LogP contribution in [0.4, 0.5) is 18.0 Å². The van der Waals surface area contributed by atoms with Crippen molar-refractivity contribution in [1.29, 1.82) is 0 Å². The number of benzene rings is 2. The number of carbonyl (C=O) groups is 1. The highest BCUT2D eigenvalue weighted by molar-refractivity contribution is 5.74. The van der Waals surface area contributed by atoms with E-state index >= 15 is 4.39 Å². The number of carbonyl (C=O) groups excluding carboxylic acids is 1. The Morgan fingerprint density at radius 1 is 1.17 bits per heavy atom. The lowest BCUT2D eigenvalue weighted by Gasteiger charge is -2.43. The number of unbranched alkanes of at least 4 members (excludes halogenated alkanes) is 1. The SMILES string of the molecule is CNCC(CC1CC(F)(F)C1)NC(=O)N1CCCC(C(O)(CCCCOC)c2cccc(F)c2Oc2ccccc2)C1. The van der Waals surface area contributed by atoms with Gasteiger partial charge in [0, 0.05) is 63.7 Å². The summed E-state index contributed by atoms with van der Waals surface area (Å²) in [7, 11) is 3.39. The highest BCUT2D eigenvalue weighted by Gasteiger charge is 2.46. The molecule has 4 rings (SSSR count). The van der Waals surface area contributed by atoms with Gasteiger partial charge in [-0.05, 0) is 69.7 Å². The van der Waals surface area contributed by atoms with E-state index in [2.05, 4.69) is 10.6 Å². The van der Waals surface area contributed by atoms with Gasteiger partial charge in [0.15, 0.2) is 11.6 Å². The Kier molecular flexibility index (Phi) is 11.1. The molecular formula is C32H44F3N3O4. The normalized spacial score (nSPS) is 20.8. The maximum atomic E-state index is 15.3. The van der Waals surface area contributed by atoms with Gasteiger partial charge in [-0.25, -0.2) is 18.0 Å². The maximum Gasteiger partial charge on any atom is 0.317 e. The molecule has 2 fully saturated rings. The third-order valence-corrected chi connectivity index (χ3v) is 8.51. The lowest BCUT2D eigenvalue weighted by atomic mass is 9.73. The van der Waals surface area contributed by atoms with E-state index in [1.54, 1.807) is 55.5 Å². The van der Waals surface area contributed by atoms with Gasteiger partial charge in [0.1, 0.15) is 5.75 Å². The zero-order valence-corrected chi connectivity index (χ0v) is 24.6. The average molecular weight is 592 g/mol. The van der Waals surface area contributed by atoms with E-state index in [1.165, 1.54) is 6.07 Å². The summed E-state index contributed by atoms with van der Waals surface area (Å²) in [5.41, 5.74) is -1.11. The Balaban J connectivity index is 1.54. The molecule has 3 N–H and O–H groups in total. The molecule has 10 heteroatoms. The van der Waals surface area contributed by atoms with E-state index in [0.717, 1.165) is 0 Å². The summed E-state index contributed by atoms with van der Waals surface area (Å²) in [5, 5.41) is 18.5. The summed E-state index contributed by atoms with van der Waals surface area (Å²) in [5.74, 6) is -3.25. The Labute approximate surface area is 246 Å².